The van der Waals surface area contributed by atoms with Crippen molar-refractivity contribution in [1.29, 1.82) is 0 Å². The molecule has 1 aliphatic heterocycles. The Morgan fingerprint density at radius 1 is 1.29 bits per heavy atom. The van der Waals surface area contributed by atoms with Crippen molar-refractivity contribution in [3.63, 3.8) is 0 Å². The van der Waals surface area contributed by atoms with Gasteiger partial charge in [-0.2, -0.15) is 0 Å². The molecular formula is C12H24BrN. The van der Waals surface area contributed by atoms with E-state index in [0.29, 0.717) is 0 Å². The fraction of sp³-hybridized carbons (Fsp3) is 1.00. The third kappa shape index (κ3) is 4.31. The first kappa shape index (κ1) is 12.5. The maximum Gasteiger partial charge on any atom is 0.0299 e. The summed E-state index contributed by atoms with van der Waals surface area (Å²) in [5, 5.41) is 0. The predicted octanol–water partition coefficient (Wildman–Crippen LogP) is 3.67. The molecule has 84 valence electrons. The lowest BCUT2D eigenvalue weighted by molar-refractivity contribution is 0.198. The highest BCUT2D eigenvalue weighted by Crippen LogP contribution is 2.23. The maximum absolute atomic E-state index is 3.78. The van der Waals surface area contributed by atoms with E-state index in [1.807, 2.05) is 0 Å². The summed E-state index contributed by atoms with van der Waals surface area (Å²) in [7, 11) is 0. The van der Waals surface area contributed by atoms with Crippen LogP contribution in [0.15, 0.2) is 0 Å². The number of rotatable bonds is 5. The van der Waals surface area contributed by atoms with Crippen molar-refractivity contribution in [3.8, 4) is 0 Å². The van der Waals surface area contributed by atoms with E-state index >= 15 is 0 Å². The van der Waals surface area contributed by atoms with Crippen molar-refractivity contribution in [3.05, 3.63) is 0 Å². The predicted molar refractivity (Wildman–Crippen MR) is 67.1 cm³/mol. The fourth-order valence-electron chi connectivity index (χ4n) is 2.05. The summed E-state index contributed by atoms with van der Waals surface area (Å²) >= 11 is 3.78. The number of hydrogen-bond acceptors (Lipinski definition) is 1. The monoisotopic (exact) mass is 261 g/mol. The zero-order valence-corrected chi connectivity index (χ0v) is 11.2. The molecule has 1 heterocycles. The molecule has 0 aromatic heterocycles. The topological polar surface area (TPSA) is 3.24 Å². The number of likely N-dealkylation sites (tertiary alicyclic amines) is 1. The van der Waals surface area contributed by atoms with Gasteiger partial charge in [0.25, 0.3) is 0 Å². The Labute approximate surface area is 97.4 Å². The Morgan fingerprint density at radius 3 is 2.71 bits per heavy atom. The van der Waals surface area contributed by atoms with Gasteiger partial charge in [-0.3, -0.25) is 0 Å². The smallest absolute Gasteiger partial charge is 0.0299 e. The zero-order chi connectivity index (χ0) is 10.4. The Kier molecular flexibility index (Phi) is 6.11. The molecule has 1 nitrogen and oxygen atoms in total. The molecule has 1 rings (SSSR count). The SMILES string of the molecule is CCCCCCN1CCC(C)C(Br)C1. The van der Waals surface area contributed by atoms with Gasteiger partial charge in [-0.25, -0.2) is 0 Å². The molecule has 0 aromatic carbocycles. The molecule has 2 atom stereocenters. The first-order valence-electron chi connectivity index (χ1n) is 6.10. The maximum atomic E-state index is 3.78. The van der Waals surface area contributed by atoms with Gasteiger partial charge in [0.05, 0.1) is 0 Å². The number of hydrogen-bond donors (Lipinski definition) is 0. The van der Waals surface area contributed by atoms with Gasteiger partial charge < -0.3 is 4.90 Å². The lowest BCUT2D eigenvalue weighted by atomic mass is 9.99. The lowest BCUT2D eigenvalue weighted by Gasteiger charge is -2.34. The van der Waals surface area contributed by atoms with Crippen molar-refractivity contribution < 1.29 is 0 Å². The van der Waals surface area contributed by atoms with E-state index in [1.165, 1.54) is 51.7 Å². The molecular weight excluding hydrogens is 238 g/mol. The minimum Gasteiger partial charge on any atom is -0.302 e. The first-order chi connectivity index (χ1) is 6.74. The van der Waals surface area contributed by atoms with E-state index in [1.54, 1.807) is 0 Å². The van der Waals surface area contributed by atoms with Crippen LogP contribution in [0.3, 0.4) is 0 Å². The van der Waals surface area contributed by atoms with E-state index < -0.39 is 0 Å². The quantitative estimate of drug-likeness (QED) is 0.539. The molecule has 0 bridgehead atoms. The highest BCUT2D eigenvalue weighted by Gasteiger charge is 2.23. The van der Waals surface area contributed by atoms with E-state index in [2.05, 4.69) is 34.7 Å². The van der Waals surface area contributed by atoms with Crippen LogP contribution in [0, 0.1) is 5.92 Å². The zero-order valence-electron chi connectivity index (χ0n) is 9.64. The molecule has 0 spiro atoms. The van der Waals surface area contributed by atoms with Gasteiger partial charge in [-0.1, -0.05) is 49.0 Å². The molecule has 0 amide bonds. The van der Waals surface area contributed by atoms with Crippen molar-refractivity contribution in [1.82, 2.24) is 4.90 Å². The molecule has 0 saturated carbocycles. The molecule has 0 aromatic rings. The van der Waals surface area contributed by atoms with Crippen molar-refractivity contribution in [2.75, 3.05) is 19.6 Å². The molecule has 0 N–H and O–H groups in total. The Morgan fingerprint density at radius 2 is 2.07 bits per heavy atom. The number of nitrogens with zero attached hydrogens (tertiary/aromatic N) is 1. The minimum absolute atomic E-state index is 0.724. The second-order valence-corrected chi connectivity index (χ2v) is 5.82. The average Bonchev–Trinajstić information content (AvgIpc) is 2.18. The standard InChI is InChI=1S/C12H24BrN/c1-3-4-5-6-8-14-9-7-11(2)12(13)10-14/h11-12H,3-10H2,1-2H3. The van der Waals surface area contributed by atoms with Gasteiger partial charge in [-0.05, 0) is 31.8 Å². The van der Waals surface area contributed by atoms with Crippen molar-refractivity contribution in [2.45, 2.75) is 50.8 Å². The van der Waals surface area contributed by atoms with Gasteiger partial charge in [0, 0.05) is 11.4 Å². The van der Waals surface area contributed by atoms with Crippen LogP contribution >= 0.6 is 15.9 Å². The minimum atomic E-state index is 0.724. The van der Waals surface area contributed by atoms with Gasteiger partial charge in [0.2, 0.25) is 0 Å². The van der Waals surface area contributed by atoms with Crippen LogP contribution in [-0.4, -0.2) is 29.4 Å². The Balaban J connectivity index is 2.07. The highest BCUT2D eigenvalue weighted by atomic mass is 79.9. The molecule has 2 heteroatoms. The molecule has 1 aliphatic rings. The van der Waals surface area contributed by atoms with Crippen LogP contribution in [0.4, 0.5) is 0 Å². The average molecular weight is 262 g/mol. The largest absolute Gasteiger partial charge is 0.302 e. The number of halogens is 1. The lowest BCUT2D eigenvalue weighted by Crippen LogP contribution is -2.40. The number of unbranched alkanes of at least 4 members (excludes halogenated alkanes) is 3. The molecule has 1 fully saturated rings. The van der Waals surface area contributed by atoms with Crippen LogP contribution in [0.5, 0.6) is 0 Å². The third-order valence-corrected chi connectivity index (χ3v) is 4.47. The Hall–Kier alpha value is 0.440. The van der Waals surface area contributed by atoms with Gasteiger partial charge >= 0.3 is 0 Å². The summed E-state index contributed by atoms with van der Waals surface area (Å²) in [5.41, 5.74) is 0. The van der Waals surface area contributed by atoms with Crippen LogP contribution < -0.4 is 0 Å². The van der Waals surface area contributed by atoms with Crippen LogP contribution in [-0.2, 0) is 0 Å². The molecule has 0 aliphatic carbocycles. The van der Waals surface area contributed by atoms with E-state index in [9.17, 15) is 0 Å². The molecule has 1 saturated heterocycles. The van der Waals surface area contributed by atoms with Crippen LogP contribution in [0.1, 0.15) is 46.0 Å². The molecule has 2 unspecified atom stereocenters. The number of piperidine rings is 1. The van der Waals surface area contributed by atoms with Gasteiger partial charge in [0.1, 0.15) is 0 Å². The van der Waals surface area contributed by atoms with E-state index in [4.69, 9.17) is 0 Å². The summed E-state index contributed by atoms with van der Waals surface area (Å²) in [6.07, 6.45) is 6.92. The third-order valence-electron chi connectivity index (χ3n) is 3.28. The number of alkyl halides is 1. The van der Waals surface area contributed by atoms with E-state index in [0.717, 1.165) is 10.7 Å². The van der Waals surface area contributed by atoms with Crippen LogP contribution in [0.25, 0.3) is 0 Å². The summed E-state index contributed by atoms with van der Waals surface area (Å²) in [4.78, 5) is 3.34. The van der Waals surface area contributed by atoms with E-state index in [-0.39, 0.29) is 0 Å². The second kappa shape index (κ2) is 6.84. The second-order valence-electron chi connectivity index (χ2n) is 4.64. The van der Waals surface area contributed by atoms with Crippen LogP contribution in [0.2, 0.25) is 0 Å². The first-order valence-corrected chi connectivity index (χ1v) is 7.02. The molecule has 0 radical (unpaired) electrons. The summed E-state index contributed by atoms with van der Waals surface area (Å²) in [6.45, 7) is 8.52. The summed E-state index contributed by atoms with van der Waals surface area (Å²) < 4.78 is 0. The summed E-state index contributed by atoms with van der Waals surface area (Å²) in [6, 6.07) is 0. The van der Waals surface area contributed by atoms with Crippen molar-refractivity contribution >= 4 is 15.9 Å². The normalized spacial score (nSPS) is 29.4. The van der Waals surface area contributed by atoms with Gasteiger partial charge in [0.15, 0.2) is 0 Å². The highest BCUT2D eigenvalue weighted by molar-refractivity contribution is 9.09. The summed E-state index contributed by atoms with van der Waals surface area (Å²) in [5.74, 6) is 0.863. The van der Waals surface area contributed by atoms with Crippen molar-refractivity contribution in [2.24, 2.45) is 5.92 Å². The fourth-order valence-corrected chi connectivity index (χ4v) is 2.72. The molecule has 14 heavy (non-hydrogen) atoms. The Bertz CT molecular complexity index is 149. The van der Waals surface area contributed by atoms with Gasteiger partial charge in [-0.15, -0.1) is 0 Å².